The molecular weight excluding hydrogens is 480 g/mol. The summed E-state index contributed by atoms with van der Waals surface area (Å²) in [7, 11) is 0. The third kappa shape index (κ3) is 3.50. The minimum atomic E-state index is 0.0984. The predicted octanol–water partition coefficient (Wildman–Crippen LogP) is 11.4. The van der Waals surface area contributed by atoms with Gasteiger partial charge < -0.3 is 0 Å². The molecule has 0 fully saturated rings. The molecule has 0 radical (unpaired) electrons. The summed E-state index contributed by atoms with van der Waals surface area (Å²) in [5.41, 5.74) is 7.13. The number of hydrogen-bond donors (Lipinski definition) is 0. The Morgan fingerprint density at radius 1 is 0.825 bits per heavy atom. The van der Waals surface area contributed by atoms with Crippen molar-refractivity contribution in [3.63, 3.8) is 0 Å². The van der Waals surface area contributed by atoms with E-state index in [0.29, 0.717) is 23.7 Å². The van der Waals surface area contributed by atoms with Crippen LogP contribution in [0, 0.1) is 34.5 Å². The molecule has 4 aromatic rings. The van der Waals surface area contributed by atoms with Gasteiger partial charge in [0.1, 0.15) is 0 Å². The van der Waals surface area contributed by atoms with E-state index in [1.165, 1.54) is 57.1 Å². The van der Waals surface area contributed by atoms with Gasteiger partial charge in [0.05, 0.1) is 0 Å². The Balaban J connectivity index is 1.27. The van der Waals surface area contributed by atoms with E-state index in [1.54, 1.807) is 16.7 Å². The van der Waals surface area contributed by atoms with Gasteiger partial charge in [-0.15, -0.1) is 0 Å². The summed E-state index contributed by atoms with van der Waals surface area (Å²) in [6.07, 6.45) is 11.5. The molecule has 0 bridgehead atoms. The first-order valence-electron chi connectivity index (χ1n) is 15.7. The summed E-state index contributed by atoms with van der Waals surface area (Å²) >= 11 is 0. The predicted molar refractivity (Wildman–Crippen MR) is 174 cm³/mol. The molecule has 3 aliphatic rings. The van der Waals surface area contributed by atoms with Crippen LogP contribution in [0.1, 0.15) is 80.2 Å². The fraction of sp³-hybridized carbons (Fsp3) is 0.450. The SMILES string of the molecule is CC(C)C(C)(C)C1=C[C@@H]2C(C=C1)C1=C(CC(C(C)(C)c3ccc4ccc5cccc6ccc3c4c56)CC1)C2(C)C. The van der Waals surface area contributed by atoms with Crippen molar-refractivity contribution in [1.82, 2.24) is 0 Å². The van der Waals surface area contributed by atoms with E-state index in [2.05, 4.69) is 128 Å². The largest absolute Gasteiger partial charge is 0.0764 e. The smallest absolute Gasteiger partial charge is 0.00541 e. The maximum absolute atomic E-state index is 2.68. The number of fused-ring (bicyclic) bond motifs is 2. The van der Waals surface area contributed by atoms with E-state index in [-0.39, 0.29) is 16.2 Å². The highest BCUT2D eigenvalue weighted by atomic mass is 14.5. The lowest BCUT2D eigenvalue weighted by atomic mass is 9.63. The second-order valence-corrected chi connectivity index (χ2v) is 15.3. The van der Waals surface area contributed by atoms with Gasteiger partial charge in [-0.2, -0.15) is 0 Å². The van der Waals surface area contributed by atoms with Crippen molar-refractivity contribution in [2.45, 2.75) is 80.1 Å². The molecule has 206 valence electrons. The Bertz CT molecular complexity index is 1710. The van der Waals surface area contributed by atoms with Gasteiger partial charge in [0, 0.05) is 5.92 Å². The average molecular weight is 527 g/mol. The zero-order valence-corrected chi connectivity index (χ0v) is 25.9. The Kier molecular flexibility index (Phi) is 5.59. The lowest BCUT2D eigenvalue weighted by molar-refractivity contribution is 0.254. The van der Waals surface area contributed by atoms with Crippen LogP contribution in [0.5, 0.6) is 0 Å². The summed E-state index contributed by atoms with van der Waals surface area (Å²) in [6, 6.07) is 21.0. The molecule has 0 aromatic heterocycles. The third-order valence-electron chi connectivity index (χ3n) is 12.3. The van der Waals surface area contributed by atoms with Gasteiger partial charge in [-0.3, -0.25) is 0 Å². The Hall–Kier alpha value is -2.86. The summed E-state index contributed by atoms with van der Waals surface area (Å²) in [4.78, 5) is 0. The van der Waals surface area contributed by atoms with Gasteiger partial charge in [-0.05, 0) is 96.7 Å². The molecule has 7 rings (SSSR count). The van der Waals surface area contributed by atoms with Gasteiger partial charge in [0.15, 0.2) is 0 Å². The molecule has 0 N–H and O–H groups in total. The van der Waals surface area contributed by atoms with E-state index in [0.717, 1.165) is 0 Å². The van der Waals surface area contributed by atoms with Gasteiger partial charge in [0.25, 0.3) is 0 Å². The van der Waals surface area contributed by atoms with Crippen molar-refractivity contribution >= 4 is 32.3 Å². The fourth-order valence-electron chi connectivity index (χ4n) is 8.77. The monoisotopic (exact) mass is 526 g/mol. The second-order valence-electron chi connectivity index (χ2n) is 15.3. The molecule has 4 aromatic carbocycles. The summed E-state index contributed by atoms with van der Waals surface area (Å²) in [5.74, 6) is 2.45. The molecule has 0 aliphatic heterocycles. The Morgan fingerprint density at radius 3 is 2.17 bits per heavy atom. The van der Waals surface area contributed by atoms with Crippen LogP contribution >= 0.6 is 0 Å². The van der Waals surface area contributed by atoms with Crippen molar-refractivity contribution < 1.29 is 0 Å². The van der Waals surface area contributed by atoms with Gasteiger partial charge in [-0.25, -0.2) is 0 Å². The first-order chi connectivity index (χ1) is 18.9. The van der Waals surface area contributed by atoms with Gasteiger partial charge in [-0.1, -0.05) is 139 Å². The zero-order chi connectivity index (χ0) is 28.2. The summed E-state index contributed by atoms with van der Waals surface area (Å²) < 4.78 is 0. The van der Waals surface area contributed by atoms with Crippen molar-refractivity contribution in [2.75, 3.05) is 0 Å². The minimum Gasteiger partial charge on any atom is -0.0764 e. The molecule has 0 spiro atoms. The van der Waals surface area contributed by atoms with Gasteiger partial charge >= 0.3 is 0 Å². The molecule has 0 amide bonds. The highest BCUT2D eigenvalue weighted by Gasteiger charge is 2.50. The fourth-order valence-corrected chi connectivity index (χ4v) is 8.77. The number of hydrogen-bond acceptors (Lipinski definition) is 0. The van der Waals surface area contributed by atoms with Crippen LogP contribution in [0.2, 0.25) is 0 Å². The number of benzene rings is 4. The zero-order valence-electron chi connectivity index (χ0n) is 25.9. The molecule has 3 aliphatic carbocycles. The van der Waals surface area contributed by atoms with E-state index in [1.807, 2.05) is 0 Å². The third-order valence-corrected chi connectivity index (χ3v) is 12.3. The first-order valence-corrected chi connectivity index (χ1v) is 15.7. The van der Waals surface area contributed by atoms with Crippen LogP contribution in [0.3, 0.4) is 0 Å². The molecule has 0 nitrogen and oxygen atoms in total. The number of allylic oxidation sites excluding steroid dienone is 6. The van der Waals surface area contributed by atoms with Crippen LogP contribution in [0.4, 0.5) is 0 Å². The highest BCUT2D eigenvalue weighted by Crippen LogP contribution is 2.61. The molecule has 0 heterocycles. The van der Waals surface area contributed by atoms with E-state index in [4.69, 9.17) is 0 Å². The minimum absolute atomic E-state index is 0.0984. The molecule has 2 unspecified atom stereocenters. The highest BCUT2D eigenvalue weighted by molar-refractivity contribution is 6.23. The van der Waals surface area contributed by atoms with Crippen molar-refractivity contribution in [3.8, 4) is 0 Å². The second kappa shape index (κ2) is 8.58. The van der Waals surface area contributed by atoms with Crippen molar-refractivity contribution in [1.29, 1.82) is 0 Å². The molecule has 0 heteroatoms. The Labute approximate surface area is 241 Å². The average Bonchev–Trinajstić information content (AvgIpc) is 3.17. The standard InChI is InChI=1S/C40H46/c1-24(2)38(3,4)28-16-19-30-31-20-17-29(23-35(31)40(7,8)34(30)22-28)39(5,6)33-21-15-27-13-12-25-10-9-11-26-14-18-32(33)37(27)36(25)26/h9-16,18-19,21-22,24,29-30,34H,17,20,23H2,1-8H3/t29?,30?,34-/m1/s1. The number of rotatable bonds is 4. The van der Waals surface area contributed by atoms with Crippen LogP contribution in [-0.4, -0.2) is 0 Å². The normalized spacial score (nSPS) is 24.8. The summed E-state index contributed by atoms with van der Waals surface area (Å²) in [6.45, 7) is 19.8. The lowest BCUT2D eigenvalue weighted by Gasteiger charge is -2.41. The van der Waals surface area contributed by atoms with E-state index in [9.17, 15) is 0 Å². The van der Waals surface area contributed by atoms with Crippen LogP contribution in [-0.2, 0) is 5.41 Å². The van der Waals surface area contributed by atoms with Crippen LogP contribution < -0.4 is 0 Å². The summed E-state index contributed by atoms with van der Waals surface area (Å²) in [5, 5.41) is 8.43. The van der Waals surface area contributed by atoms with E-state index < -0.39 is 0 Å². The molecular formula is C40H46. The van der Waals surface area contributed by atoms with Crippen LogP contribution in [0.15, 0.2) is 89.5 Å². The first kappa shape index (κ1) is 26.1. The maximum Gasteiger partial charge on any atom is 0.00541 e. The van der Waals surface area contributed by atoms with Crippen LogP contribution in [0.25, 0.3) is 32.3 Å². The lowest BCUT2D eigenvalue weighted by Crippen LogP contribution is -2.33. The Morgan fingerprint density at radius 2 is 1.48 bits per heavy atom. The molecule has 40 heavy (non-hydrogen) atoms. The molecule has 3 atom stereocenters. The van der Waals surface area contributed by atoms with Crippen molar-refractivity contribution in [3.05, 3.63) is 95.1 Å². The molecule has 0 saturated carbocycles. The topological polar surface area (TPSA) is 0 Å². The molecule has 0 saturated heterocycles. The van der Waals surface area contributed by atoms with Gasteiger partial charge in [0.2, 0.25) is 0 Å². The maximum atomic E-state index is 2.68. The van der Waals surface area contributed by atoms with Crippen molar-refractivity contribution in [2.24, 2.45) is 34.5 Å². The quantitative estimate of drug-likeness (QED) is 0.183. The van der Waals surface area contributed by atoms with E-state index >= 15 is 0 Å².